The van der Waals surface area contributed by atoms with Gasteiger partial charge in [-0.05, 0) is 18.4 Å². The molecule has 0 saturated carbocycles. The van der Waals surface area contributed by atoms with Crippen molar-refractivity contribution < 1.29 is 19.0 Å². The Bertz CT molecular complexity index is 1010. The van der Waals surface area contributed by atoms with Crippen molar-refractivity contribution in [3.8, 4) is 22.8 Å². The lowest BCUT2D eigenvalue weighted by molar-refractivity contribution is 0.101. The summed E-state index contributed by atoms with van der Waals surface area (Å²) in [6.07, 6.45) is 2.39. The van der Waals surface area contributed by atoms with Gasteiger partial charge >= 0.3 is 0 Å². The number of hydrogen-bond donors (Lipinski definition) is 0. The average Bonchev–Trinajstić information content (AvgIpc) is 2.81. The van der Waals surface area contributed by atoms with Gasteiger partial charge in [0.2, 0.25) is 0 Å². The Morgan fingerprint density at radius 1 is 1.27 bits per heavy atom. The van der Waals surface area contributed by atoms with Gasteiger partial charge < -0.3 is 18.8 Å². The first-order valence-electron chi connectivity index (χ1n) is 9.99. The van der Waals surface area contributed by atoms with E-state index in [9.17, 15) is 9.59 Å². The number of nitrogens with zero attached hydrogens (tertiary/aromatic N) is 1. The summed E-state index contributed by atoms with van der Waals surface area (Å²) < 4.78 is 19.0. The lowest BCUT2D eigenvalue weighted by Gasteiger charge is -2.32. The molecule has 1 atom stereocenters. The fourth-order valence-corrected chi connectivity index (χ4v) is 3.77. The minimum atomic E-state index is -0.315. The van der Waals surface area contributed by atoms with Crippen LogP contribution in [0, 0.1) is 5.41 Å². The number of fused-ring (bicyclic) bond motifs is 3. The fraction of sp³-hybridized carbons (Fsp3) is 0.478. The van der Waals surface area contributed by atoms with Gasteiger partial charge in [-0.2, -0.15) is 0 Å². The van der Waals surface area contributed by atoms with Crippen LogP contribution in [0.1, 0.15) is 50.5 Å². The van der Waals surface area contributed by atoms with Crippen LogP contribution >= 0.6 is 11.6 Å². The third-order valence-electron chi connectivity index (χ3n) is 5.25. The molecule has 0 bridgehead atoms. The molecule has 0 saturated heterocycles. The summed E-state index contributed by atoms with van der Waals surface area (Å²) >= 11 is 6.49. The molecule has 1 aromatic heterocycles. The second kappa shape index (κ2) is 8.82. The maximum absolute atomic E-state index is 12.6. The second-order valence-corrected chi connectivity index (χ2v) is 8.97. The zero-order valence-electron chi connectivity index (χ0n) is 18.1. The van der Waals surface area contributed by atoms with Gasteiger partial charge in [0.25, 0.3) is 0 Å². The zero-order valence-corrected chi connectivity index (χ0v) is 18.8. The first-order chi connectivity index (χ1) is 14.1. The summed E-state index contributed by atoms with van der Waals surface area (Å²) in [5, 5.41) is 0.429. The normalized spacial score (nSPS) is 15.6. The van der Waals surface area contributed by atoms with Gasteiger partial charge in [-0.15, -0.1) is 0 Å². The number of aromatic nitrogens is 1. The highest BCUT2D eigenvalue weighted by atomic mass is 35.5. The van der Waals surface area contributed by atoms with Crippen molar-refractivity contribution in [3.05, 3.63) is 45.2 Å². The molecule has 1 aromatic carbocycles. The number of halogens is 1. The van der Waals surface area contributed by atoms with Crippen LogP contribution < -0.4 is 14.9 Å². The topological polar surface area (TPSA) is 66.8 Å². The van der Waals surface area contributed by atoms with Gasteiger partial charge in [-0.3, -0.25) is 9.59 Å². The molecule has 0 fully saturated rings. The number of pyridine rings is 1. The van der Waals surface area contributed by atoms with Crippen molar-refractivity contribution in [2.45, 2.75) is 40.2 Å². The molecule has 2 aromatic rings. The summed E-state index contributed by atoms with van der Waals surface area (Å²) in [5.74, 6) is 0.859. The Kier molecular flexibility index (Phi) is 6.58. The Hall–Kier alpha value is -2.31. The summed E-state index contributed by atoms with van der Waals surface area (Å²) in [5.41, 5.74) is 1.04. The molecular weight excluding hydrogens is 406 g/mol. The molecule has 3 rings (SSSR count). The monoisotopic (exact) mass is 433 g/mol. The average molecular weight is 434 g/mol. The van der Waals surface area contributed by atoms with Crippen LogP contribution in [0.4, 0.5) is 0 Å². The van der Waals surface area contributed by atoms with Gasteiger partial charge in [0.15, 0.2) is 11.2 Å². The minimum absolute atomic E-state index is 0.0940. The summed E-state index contributed by atoms with van der Waals surface area (Å²) in [4.78, 5) is 24.6. The number of hydrogen-bond acceptors (Lipinski definition) is 5. The van der Waals surface area contributed by atoms with Crippen molar-refractivity contribution >= 4 is 17.4 Å². The van der Waals surface area contributed by atoms with Crippen LogP contribution in [-0.4, -0.2) is 37.3 Å². The number of ketones is 1. The number of carbonyl (C=O) groups excluding carboxylic acids is 1. The molecule has 162 valence electrons. The van der Waals surface area contributed by atoms with Gasteiger partial charge in [0, 0.05) is 44.0 Å². The predicted octanol–water partition coefficient (Wildman–Crippen LogP) is 4.77. The van der Waals surface area contributed by atoms with Crippen LogP contribution in [-0.2, 0) is 4.74 Å². The van der Waals surface area contributed by atoms with Crippen molar-refractivity contribution in [2.75, 3.05) is 26.9 Å². The number of rotatable bonds is 6. The third kappa shape index (κ3) is 4.55. The molecule has 6 nitrogen and oxygen atoms in total. The van der Waals surface area contributed by atoms with E-state index in [-0.39, 0.29) is 28.2 Å². The molecule has 0 unspecified atom stereocenters. The summed E-state index contributed by atoms with van der Waals surface area (Å²) in [6.45, 7) is 9.16. The molecule has 0 radical (unpaired) electrons. The smallest absolute Gasteiger partial charge is 0.192 e. The molecule has 1 aliphatic heterocycles. The number of benzene rings is 1. The molecular formula is C23H28ClNO5. The third-order valence-corrected chi connectivity index (χ3v) is 5.55. The molecule has 1 aliphatic rings. The highest BCUT2D eigenvalue weighted by molar-refractivity contribution is 6.32. The standard InChI is InChI=1S/C23H28ClNO5/c1-14(26)16-12-25-18(10-19(16)27)15-9-17(24)21(29-8-6-7-28-5)11-20(15)30-13-22(25)23(2,3)4/h9-12,22H,6-8,13H2,1-5H3/t22-/m0/s1. The Balaban J connectivity index is 2.13. The molecule has 0 N–H and O–H groups in total. The van der Waals surface area contributed by atoms with E-state index in [1.165, 1.54) is 13.0 Å². The van der Waals surface area contributed by atoms with E-state index in [0.29, 0.717) is 47.6 Å². The van der Waals surface area contributed by atoms with E-state index >= 15 is 0 Å². The second-order valence-electron chi connectivity index (χ2n) is 8.57. The molecule has 7 heteroatoms. The van der Waals surface area contributed by atoms with E-state index in [1.807, 2.05) is 4.57 Å². The van der Waals surface area contributed by atoms with Crippen LogP contribution in [0.2, 0.25) is 5.02 Å². The van der Waals surface area contributed by atoms with Crippen molar-refractivity contribution in [2.24, 2.45) is 5.41 Å². The van der Waals surface area contributed by atoms with E-state index in [0.717, 1.165) is 6.42 Å². The number of methoxy groups -OCH3 is 1. The van der Waals surface area contributed by atoms with Crippen molar-refractivity contribution in [3.63, 3.8) is 0 Å². The lowest BCUT2D eigenvalue weighted by Crippen LogP contribution is -2.31. The Morgan fingerprint density at radius 3 is 2.63 bits per heavy atom. The number of Topliss-reactive ketones (excluding diaryl/α,β-unsaturated/α-hetero) is 1. The van der Waals surface area contributed by atoms with E-state index in [2.05, 4.69) is 20.8 Å². The van der Waals surface area contributed by atoms with E-state index in [4.69, 9.17) is 25.8 Å². The van der Waals surface area contributed by atoms with Gasteiger partial charge in [-0.25, -0.2) is 0 Å². The maximum atomic E-state index is 12.6. The van der Waals surface area contributed by atoms with Crippen LogP contribution in [0.3, 0.4) is 0 Å². The summed E-state index contributed by atoms with van der Waals surface area (Å²) in [7, 11) is 1.64. The van der Waals surface area contributed by atoms with E-state index in [1.54, 1.807) is 25.4 Å². The number of ether oxygens (including phenoxy) is 3. The van der Waals surface area contributed by atoms with Crippen LogP contribution in [0.15, 0.2) is 29.2 Å². The van der Waals surface area contributed by atoms with Gasteiger partial charge in [-0.1, -0.05) is 32.4 Å². The lowest BCUT2D eigenvalue weighted by atomic mass is 9.86. The molecule has 2 heterocycles. The predicted molar refractivity (Wildman–Crippen MR) is 117 cm³/mol. The highest BCUT2D eigenvalue weighted by Gasteiger charge is 2.32. The molecule has 0 aliphatic carbocycles. The first kappa shape index (κ1) is 22.4. The maximum Gasteiger partial charge on any atom is 0.192 e. The zero-order chi connectivity index (χ0) is 22.1. The van der Waals surface area contributed by atoms with Gasteiger partial charge in [0.1, 0.15) is 18.1 Å². The number of carbonyl (C=O) groups is 1. The van der Waals surface area contributed by atoms with Crippen molar-refractivity contribution in [1.29, 1.82) is 0 Å². The van der Waals surface area contributed by atoms with Crippen LogP contribution in [0.5, 0.6) is 11.5 Å². The van der Waals surface area contributed by atoms with Crippen molar-refractivity contribution in [1.82, 2.24) is 4.57 Å². The first-order valence-corrected chi connectivity index (χ1v) is 10.4. The molecule has 30 heavy (non-hydrogen) atoms. The largest absolute Gasteiger partial charge is 0.492 e. The quantitative estimate of drug-likeness (QED) is 0.485. The van der Waals surface area contributed by atoms with Gasteiger partial charge in [0.05, 0.1) is 28.9 Å². The molecule has 0 spiro atoms. The minimum Gasteiger partial charge on any atom is -0.492 e. The summed E-state index contributed by atoms with van der Waals surface area (Å²) in [6, 6.07) is 4.93. The fourth-order valence-electron chi connectivity index (χ4n) is 3.55. The van der Waals surface area contributed by atoms with E-state index < -0.39 is 0 Å². The Morgan fingerprint density at radius 2 is 2.00 bits per heavy atom. The Labute approximate surface area is 181 Å². The molecule has 0 amide bonds. The SMILES string of the molecule is COCCCOc1cc2c(cc1Cl)-c1cc(=O)c(C(C)=O)cn1[C@H](C(C)(C)C)CO2. The highest BCUT2D eigenvalue weighted by Crippen LogP contribution is 2.44. The van der Waals surface area contributed by atoms with Crippen LogP contribution in [0.25, 0.3) is 11.3 Å².